The molecule has 2 aromatic rings. The maximum Gasteiger partial charge on any atom is 0.625 e. The third-order valence-corrected chi connectivity index (χ3v) is 4.79. The molecule has 8 nitrogen and oxygen atoms in total. The zero-order chi connectivity index (χ0) is 20.3. The predicted molar refractivity (Wildman–Crippen MR) is 101 cm³/mol. The van der Waals surface area contributed by atoms with E-state index in [-0.39, 0.29) is 12.5 Å². The number of carbonyl (C=O) groups excluding carboxylic acids is 1. The fourth-order valence-corrected chi connectivity index (χ4v) is 3.32. The lowest BCUT2D eigenvalue weighted by atomic mass is 9.98. The number of nitrogens with zero attached hydrogens (tertiary/aromatic N) is 1. The second-order valence-corrected chi connectivity index (χ2v) is 6.59. The summed E-state index contributed by atoms with van der Waals surface area (Å²) in [6, 6.07) is 15.8. The molecule has 0 aromatic heterocycles. The lowest BCUT2D eigenvalue weighted by Gasteiger charge is -2.16. The average Bonchev–Trinajstić information content (AvgIpc) is 3.04. The number of fused-ring (bicyclic) bond motifs is 3. The molecule has 1 aliphatic rings. The molecule has 0 aliphatic heterocycles. The first-order valence-electron chi connectivity index (χ1n) is 8.83. The number of aliphatic hydroxyl groups excluding tert-OH is 4. The Balaban J connectivity index is 1.70. The number of nitrogens with two attached hydrogens (primary N) is 1. The SMILES string of the molecule is N[N+](=C[C@H](O)[C@@H](O)[C@H](O)CO)C(=O)OCC1c2ccccc2-c2ccccc21. The van der Waals surface area contributed by atoms with Crippen LogP contribution in [0.2, 0.25) is 0 Å². The molecule has 0 radical (unpaired) electrons. The van der Waals surface area contributed by atoms with Crippen molar-refractivity contribution in [2.45, 2.75) is 24.2 Å². The van der Waals surface area contributed by atoms with Crippen molar-refractivity contribution in [3.63, 3.8) is 0 Å². The van der Waals surface area contributed by atoms with Crippen LogP contribution in [0.5, 0.6) is 0 Å². The fourth-order valence-electron chi connectivity index (χ4n) is 3.32. The maximum atomic E-state index is 12.2. The largest absolute Gasteiger partial charge is 0.625 e. The highest BCUT2D eigenvalue weighted by molar-refractivity contribution is 5.79. The Morgan fingerprint density at radius 2 is 1.61 bits per heavy atom. The number of hydrogen-bond acceptors (Lipinski definition) is 7. The lowest BCUT2D eigenvalue weighted by Crippen LogP contribution is -2.44. The summed E-state index contributed by atoms with van der Waals surface area (Å²) < 4.78 is 5.80. The van der Waals surface area contributed by atoms with Crippen LogP contribution in [0.1, 0.15) is 17.0 Å². The molecule has 0 saturated heterocycles. The van der Waals surface area contributed by atoms with E-state index in [1.54, 1.807) is 0 Å². The Hall–Kier alpha value is -2.78. The molecule has 3 atom stereocenters. The summed E-state index contributed by atoms with van der Waals surface area (Å²) in [5.74, 6) is 5.42. The normalized spacial score (nSPS) is 16.8. The first kappa shape index (κ1) is 20.0. The molecule has 0 bridgehead atoms. The third kappa shape index (κ3) is 3.90. The Labute approximate surface area is 161 Å². The van der Waals surface area contributed by atoms with Gasteiger partial charge < -0.3 is 25.2 Å². The zero-order valence-electron chi connectivity index (χ0n) is 15.0. The first-order chi connectivity index (χ1) is 13.4. The van der Waals surface area contributed by atoms with Crippen LogP contribution in [0, 0.1) is 0 Å². The highest BCUT2D eigenvalue weighted by Gasteiger charge is 2.32. The van der Waals surface area contributed by atoms with Gasteiger partial charge >= 0.3 is 6.09 Å². The van der Waals surface area contributed by atoms with Crippen molar-refractivity contribution in [3.05, 3.63) is 59.7 Å². The number of hydrogen-bond donors (Lipinski definition) is 5. The molecular weight excluding hydrogens is 364 g/mol. The van der Waals surface area contributed by atoms with Crippen LogP contribution in [0.3, 0.4) is 0 Å². The number of hydrazine groups is 1. The monoisotopic (exact) mass is 387 g/mol. The molecule has 0 fully saturated rings. The summed E-state index contributed by atoms with van der Waals surface area (Å²) >= 11 is 0. The molecule has 8 heteroatoms. The van der Waals surface area contributed by atoms with Gasteiger partial charge in [-0.3, -0.25) is 0 Å². The predicted octanol–water partition coefficient (Wildman–Crippen LogP) is -0.0325. The summed E-state index contributed by atoms with van der Waals surface area (Å²) in [7, 11) is 0. The smallest absolute Gasteiger partial charge is 0.409 e. The summed E-state index contributed by atoms with van der Waals surface area (Å²) in [6.45, 7) is -0.700. The number of ether oxygens (including phenoxy) is 1. The van der Waals surface area contributed by atoms with Crippen LogP contribution in [-0.2, 0) is 4.74 Å². The van der Waals surface area contributed by atoms with Crippen molar-refractivity contribution in [3.8, 4) is 11.1 Å². The molecule has 2 aromatic carbocycles. The fraction of sp³-hybridized carbons (Fsp3) is 0.300. The van der Waals surface area contributed by atoms with Gasteiger partial charge in [0.1, 0.15) is 18.8 Å². The number of benzene rings is 2. The van der Waals surface area contributed by atoms with E-state index in [0.29, 0.717) is 4.68 Å². The number of rotatable bonds is 6. The third-order valence-electron chi connectivity index (χ3n) is 4.79. The van der Waals surface area contributed by atoms with Crippen LogP contribution in [0.15, 0.2) is 48.5 Å². The summed E-state index contributed by atoms with van der Waals surface area (Å²) in [4.78, 5) is 12.2. The van der Waals surface area contributed by atoms with E-state index >= 15 is 0 Å². The van der Waals surface area contributed by atoms with E-state index in [1.807, 2.05) is 48.5 Å². The number of amides is 1. The van der Waals surface area contributed by atoms with E-state index in [1.165, 1.54) is 0 Å². The molecule has 0 spiro atoms. The van der Waals surface area contributed by atoms with Gasteiger partial charge in [-0.1, -0.05) is 48.5 Å². The molecule has 148 valence electrons. The summed E-state index contributed by atoms with van der Waals surface area (Å²) in [5, 5.41) is 37.5. The summed E-state index contributed by atoms with van der Waals surface area (Å²) in [5.41, 5.74) is 4.27. The molecule has 0 saturated carbocycles. The maximum absolute atomic E-state index is 12.2. The van der Waals surface area contributed by atoms with E-state index in [4.69, 9.17) is 15.7 Å². The molecular formula is C20H23N2O6+. The van der Waals surface area contributed by atoms with Gasteiger partial charge in [0.2, 0.25) is 6.21 Å². The van der Waals surface area contributed by atoms with E-state index < -0.39 is 31.0 Å². The zero-order valence-corrected chi connectivity index (χ0v) is 15.0. The Morgan fingerprint density at radius 1 is 1.07 bits per heavy atom. The van der Waals surface area contributed by atoms with Crippen LogP contribution >= 0.6 is 0 Å². The van der Waals surface area contributed by atoms with Crippen molar-refractivity contribution in [2.75, 3.05) is 13.2 Å². The van der Waals surface area contributed by atoms with Crippen LogP contribution < -0.4 is 5.84 Å². The second-order valence-electron chi connectivity index (χ2n) is 6.59. The molecule has 1 amide bonds. The minimum Gasteiger partial charge on any atom is -0.409 e. The quantitative estimate of drug-likeness (QED) is 0.154. The topological polar surface area (TPSA) is 136 Å². The van der Waals surface area contributed by atoms with Gasteiger partial charge in [-0.2, -0.15) is 10.6 Å². The van der Waals surface area contributed by atoms with E-state index in [9.17, 15) is 20.1 Å². The average molecular weight is 387 g/mol. The molecule has 0 unspecified atom stereocenters. The molecule has 0 heterocycles. The van der Waals surface area contributed by atoms with Crippen molar-refractivity contribution < 1.29 is 34.6 Å². The second kappa shape index (κ2) is 8.49. The van der Waals surface area contributed by atoms with Gasteiger partial charge in [0.15, 0.2) is 6.10 Å². The first-order valence-corrected chi connectivity index (χ1v) is 8.83. The Morgan fingerprint density at radius 3 is 2.14 bits per heavy atom. The highest BCUT2D eigenvalue weighted by Crippen LogP contribution is 2.44. The Kier molecular flexibility index (Phi) is 6.05. The van der Waals surface area contributed by atoms with Crippen molar-refractivity contribution >= 4 is 12.3 Å². The van der Waals surface area contributed by atoms with Gasteiger partial charge in [0.05, 0.1) is 6.61 Å². The number of aliphatic hydroxyl groups is 4. The van der Waals surface area contributed by atoms with E-state index in [0.717, 1.165) is 28.5 Å². The molecule has 28 heavy (non-hydrogen) atoms. The lowest BCUT2D eigenvalue weighted by molar-refractivity contribution is -0.456. The standard InChI is InChI=1S/C20H23N2O6/c21-22(9-17(24)19(26)18(25)10-23)20(27)28-11-16-14-7-3-1-5-12(14)13-6-2-4-8-15(13)16/h1-9,16-19,23-26H,10-11,21H2/q+1/t17-,18+,19+/m0/s1. The van der Waals surface area contributed by atoms with Gasteiger partial charge in [-0.05, 0) is 26.9 Å². The van der Waals surface area contributed by atoms with Crippen molar-refractivity contribution in [2.24, 2.45) is 5.84 Å². The highest BCUT2D eigenvalue weighted by atomic mass is 16.6. The van der Waals surface area contributed by atoms with Crippen molar-refractivity contribution in [1.29, 1.82) is 0 Å². The minimum absolute atomic E-state index is 0.0479. The van der Waals surface area contributed by atoms with Crippen LogP contribution in [-0.4, -0.2) is 68.9 Å². The van der Waals surface area contributed by atoms with Crippen LogP contribution in [0.25, 0.3) is 11.1 Å². The van der Waals surface area contributed by atoms with Crippen molar-refractivity contribution in [1.82, 2.24) is 0 Å². The minimum atomic E-state index is -1.70. The molecule has 6 N–H and O–H groups in total. The van der Waals surface area contributed by atoms with Crippen LogP contribution in [0.4, 0.5) is 4.79 Å². The van der Waals surface area contributed by atoms with Gasteiger partial charge in [-0.25, -0.2) is 0 Å². The van der Waals surface area contributed by atoms with E-state index in [2.05, 4.69) is 0 Å². The Bertz CT molecular complexity index is 839. The van der Waals surface area contributed by atoms with Gasteiger partial charge in [-0.15, -0.1) is 0 Å². The van der Waals surface area contributed by atoms with Gasteiger partial charge in [0, 0.05) is 5.92 Å². The number of hydrazone groups is 1. The van der Waals surface area contributed by atoms with Gasteiger partial charge in [0.25, 0.3) is 0 Å². The molecule has 1 aliphatic carbocycles. The summed E-state index contributed by atoms with van der Waals surface area (Å²) in [6.07, 6.45) is -5.04. The number of carbonyl (C=O) groups is 1. The molecule has 3 rings (SSSR count).